The summed E-state index contributed by atoms with van der Waals surface area (Å²) in [5.41, 5.74) is -0.886. The number of hydrogen-bond acceptors (Lipinski definition) is 2. The fourth-order valence-corrected chi connectivity index (χ4v) is 0.711. The molecule has 76 valence electrons. The van der Waals surface area contributed by atoms with Crippen molar-refractivity contribution in [3.05, 3.63) is 0 Å². The van der Waals surface area contributed by atoms with Gasteiger partial charge >= 0.3 is 5.97 Å². The van der Waals surface area contributed by atoms with Crippen molar-refractivity contribution in [1.29, 1.82) is 0 Å². The van der Waals surface area contributed by atoms with Gasteiger partial charge < -0.3 is 10.4 Å². The standard InChI is InChI=1S/C9H17NO3/c1-4-5-7(11)10-6-9(2,3)8(12)13/h4-6H2,1-3H3,(H,10,11)(H,12,13). The highest BCUT2D eigenvalue weighted by molar-refractivity contribution is 5.78. The molecule has 0 aromatic carbocycles. The zero-order chi connectivity index (χ0) is 10.5. The second-order valence-corrected chi connectivity index (χ2v) is 3.72. The molecule has 2 N–H and O–H groups in total. The Kier molecular flexibility index (Phi) is 4.45. The zero-order valence-corrected chi connectivity index (χ0v) is 8.39. The number of aliphatic carboxylic acids is 1. The smallest absolute Gasteiger partial charge is 0.310 e. The van der Waals surface area contributed by atoms with E-state index < -0.39 is 11.4 Å². The first kappa shape index (κ1) is 11.9. The maximum atomic E-state index is 11.0. The molecule has 0 rings (SSSR count). The second-order valence-electron chi connectivity index (χ2n) is 3.72. The van der Waals surface area contributed by atoms with Gasteiger partial charge in [-0.15, -0.1) is 0 Å². The van der Waals surface area contributed by atoms with Crippen molar-refractivity contribution in [2.24, 2.45) is 5.41 Å². The van der Waals surface area contributed by atoms with Crippen molar-refractivity contribution >= 4 is 11.9 Å². The van der Waals surface area contributed by atoms with Crippen LogP contribution < -0.4 is 5.32 Å². The molecular formula is C9H17NO3. The minimum Gasteiger partial charge on any atom is -0.481 e. The molecule has 0 aliphatic carbocycles. The van der Waals surface area contributed by atoms with Crippen LogP contribution in [0.25, 0.3) is 0 Å². The number of amides is 1. The maximum absolute atomic E-state index is 11.0. The van der Waals surface area contributed by atoms with Crippen LogP contribution in [-0.4, -0.2) is 23.5 Å². The molecule has 0 saturated carbocycles. The van der Waals surface area contributed by atoms with E-state index in [1.54, 1.807) is 13.8 Å². The molecular weight excluding hydrogens is 170 g/mol. The monoisotopic (exact) mass is 187 g/mol. The van der Waals surface area contributed by atoms with Gasteiger partial charge in [0.05, 0.1) is 5.41 Å². The Hall–Kier alpha value is -1.06. The minimum absolute atomic E-state index is 0.0863. The molecule has 0 aromatic heterocycles. The van der Waals surface area contributed by atoms with Gasteiger partial charge in [-0.1, -0.05) is 6.92 Å². The first-order valence-corrected chi connectivity index (χ1v) is 4.40. The Morgan fingerprint density at radius 3 is 2.31 bits per heavy atom. The van der Waals surface area contributed by atoms with Gasteiger partial charge in [0.15, 0.2) is 0 Å². The maximum Gasteiger partial charge on any atom is 0.310 e. The first-order chi connectivity index (χ1) is 5.90. The van der Waals surface area contributed by atoms with Crippen LogP contribution in [0.1, 0.15) is 33.6 Å². The van der Waals surface area contributed by atoms with Gasteiger partial charge in [0.25, 0.3) is 0 Å². The number of carboxylic acid groups (broad SMARTS) is 1. The minimum atomic E-state index is -0.899. The summed E-state index contributed by atoms with van der Waals surface area (Å²) in [6.07, 6.45) is 1.23. The molecule has 0 aliphatic heterocycles. The van der Waals surface area contributed by atoms with Crippen molar-refractivity contribution in [2.45, 2.75) is 33.6 Å². The van der Waals surface area contributed by atoms with E-state index in [-0.39, 0.29) is 12.5 Å². The van der Waals surface area contributed by atoms with Crippen LogP contribution >= 0.6 is 0 Å². The topological polar surface area (TPSA) is 66.4 Å². The van der Waals surface area contributed by atoms with Gasteiger partial charge in [0.2, 0.25) is 5.91 Å². The summed E-state index contributed by atoms with van der Waals surface area (Å²) < 4.78 is 0. The summed E-state index contributed by atoms with van der Waals surface area (Å²) in [6, 6.07) is 0. The van der Waals surface area contributed by atoms with E-state index in [0.29, 0.717) is 6.42 Å². The normalized spacial score (nSPS) is 11.0. The van der Waals surface area contributed by atoms with Gasteiger partial charge in [0.1, 0.15) is 0 Å². The molecule has 0 atom stereocenters. The number of carboxylic acids is 1. The molecule has 4 heteroatoms. The summed E-state index contributed by atoms with van der Waals surface area (Å²) in [7, 11) is 0. The third-order valence-corrected chi connectivity index (χ3v) is 1.78. The van der Waals surface area contributed by atoms with E-state index in [1.807, 2.05) is 6.92 Å². The van der Waals surface area contributed by atoms with Crippen LogP contribution in [0, 0.1) is 5.41 Å². The summed E-state index contributed by atoms with van der Waals surface area (Å²) >= 11 is 0. The number of nitrogens with one attached hydrogen (secondary N) is 1. The lowest BCUT2D eigenvalue weighted by Gasteiger charge is -2.19. The quantitative estimate of drug-likeness (QED) is 0.675. The van der Waals surface area contributed by atoms with E-state index in [9.17, 15) is 9.59 Å². The molecule has 0 aliphatic rings. The predicted molar refractivity (Wildman–Crippen MR) is 49.3 cm³/mol. The Balaban J connectivity index is 3.88. The van der Waals surface area contributed by atoms with E-state index in [2.05, 4.69) is 5.32 Å². The summed E-state index contributed by atoms with van der Waals surface area (Å²) in [5.74, 6) is -0.985. The lowest BCUT2D eigenvalue weighted by atomic mass is 9.94. The SMILES string of the molecule is CCCC(=O)NCC(C)(C)C(=O)O. The average molecular weight is 187 g/mol. The van der Waals surface area contributed by atoms with E-state index in [0.717, 1.165) is 6.42 Å². The Labute approximate surface area is 78.3 Å². The van der Waals surface area contributed by atoms with Crippen molar-refractivity contribution in [2.75, 3.05) is 6.54 Å². The van der Waals surface area contributed by atoms with Crippen molar-refractivity contribution in [1.82, 2.24) is 5.32 Å². The first-order valence-electron chi connectivity index (χ1n) is 4.40. The lowest BCUT2D eigenvalue weighted by Crippen LogP contribution is -2.38. The molecule has 0 aromatic rings. The van der Waals surface area contributed by atoms with Gasteiger partial charge in [-0.2, -0.15) is 0 Å². The molecule has 0 unspecified atom stereocenters. The largest absolute Gasteiger partial charge is 0.481 e. The van der Waals surface area contributed by atoms with Gasteiger partial charge in [-0.3, -0.25) is 9.59 Å². The van der Waals surface area contributed by atoms with E-state index in [1.165, 1.54) is 0 Å². The number of carbonyl (C=O) groups is 2. The highest BCUT2D eigenvalue weighted by Crippen LogP contribution is 2.12. The van der Waals surface area contributed by atoms with Crippen molar-refractivity contribution in [3.63, 3.8) is 0 Å². The zero-order valence-electron chi connectivity index (χ0n) is 8.39. The molecule has 0 saturated heterocycles. The molecule has 0 heterocycles. The highest BCUT2D eigenvalue weighted by Gasteiger charge is 2.27. The van der Waals surface area contributed by atoms with E-state index >= 15 is 0 Å². The van der Waals surface area contributed by atoms with Crippen LogP contribution in [0.5, 0.6) is 0 Å². The van der Waals surface area contributed by atoms with Crippen LogP contribution in [0.3, 0.4) is 0 Å². The molecule has 0 spiro atoms. The van der Waals surface area contributed by atoms with Crippen LogP contribution in [0.2, 0.25) is 0 Å². The third kappa shape index (κ3) is 4.50. The fourth-order valence-electron chi connectivity index (χ4n) is 0.711. The highest BCUT2D eigenvalue weighted by atomic mass is 16.4. The Bertz CT molecular complexity index is 199. The lowest BCUT2D eigenvalue weighted by molar-refractivity contribution is -0.146. The van der Waals surface area contributed by atoms with Crippen molar-refractivity contribution < 1.29 is 14.7 Å². The van der Waals surface area contributed by atoms with Crippen LogP contribution in [0.4, 0.5) is 0 Å². The average Bonchev–Trinajstić information content (AvgIpc) is 2.01. The summed E-state index contributed by atoms with van der Waals surface area (Å²) in [6.45, 7) is 5.26. The fraction of sp³-hybridized carbons (Fsp3) is 0.778. The summed E-state index contributed by atoms with van der Waals surface area (Å²) in [4.78, 5) is 21.6. The predicted octanol–water partition coefficient (Wildman–Crippen LogP) is 1.01. The molecule has 1 amide bonds. The Morgan fingerprint density at radius 1 is 1.38 bits per heavy atom. The van der Waals surface area contributed by atoms with Crippen molar-refractivity contribution in [3.8, 4) is 0 Å². The Morgan fingerprint density at radius 2 is 1.92 bits per heavy atom. The number of carbonyl (C=O) groups excluding carboxylic acids is 1. The summed E-state index contributed by atoms with van der Waals surface area (Å²) in [5, 5.41) is 11.3. The number of hydrogen-bond donors (Lipinski definition) is 2. The third-order valence-electron chi connectivity index (χ3n) is 1.78. The van der Waals surface area contributed by atoms with Crippen LogP contribution in [-0.2, 0) is 9.59 Å². The molecule has 13 heavy (non-hydrogen) atoms. The number of rotatable bonds is 5. The van der Waals surface area contributed by atoms with Crippen LogP contribution in [0.15, 0.2) is 0 Å². The van der Waals surface area contributed by atoms with E-state index in [4.69, 9.17) is 5.11 Å². The molecule has 0 radical (unpaired) electrons. The molecule has 0 bridgehead atoms. The van der Waals surface area contributed by atoms with Gasteiger partial charge in [-0.25, -0.2) is 0 Å². The molecule has 4 nitrogen and oxygen atoms in total. The second kappa shape index (κ2) is 4.84. The molecule has 0 fully saturated rings. The van der Waals surface area contributed by atoms with Gasteiger partial charge in [-0.05, 0) is 20.3 Å². The van der Waals surface area contributed by atoms with Gasteiger partial charge in [0, 0.05) is 13.0 Å².